The number of hydrogen-bond acceptors (Lipinski definition) is 3. The van der Waals surface area contributed by atoms with Gasteiger partial charge in [0.15, 0.2) is 17.4 Å². The van der Waals surface area contributed by atoms with E-state index in [-0.39, 0.29) is 11.3 Å². The molecule has 0 aliphatic rings. The van der Waals surface area contributed by atoms with Crippen LogP contribution in [0.4, 0.5) is 8.78 Å². The zero-order valence-electron chi connectivity index (χ0n) is 14.4. The van der Waals surface area contributed by atoms with E-state index in [9.17, 15) is 18.4 Å². The first-order valence-electron chi connectivity index (χ1n) is 7.98. The maximum atomic E-state index is 13.6. The lowest BCUT2D eigenvalue weighted by Gasteiger charge is -2.17. The summed E-state index contributed by atoms with van der Waals surface area (Å²) in [6.45, 7) is 1.72. The van der Waals surface area contributed by atoms with Crippen LogP contribution in [0.3, 0.4) is 0 Å². The molecule has 0 radical (unpaired) electrons. The lowest BCUT2D eigenvalue weighted by atomic mass is 10.1. The van der Waals surface area contributed by atoms with Crippen LogP contribution >= 0.6 is 15.9 Å². The highest BCUT2D eigenvalue weighted by Crippen LogP contribution is 2.28. The third-order valence-electron chi connectivity index (χ3n) is 4.17. The van der Waals surface area contributed by atoms with E-state index in [0.29, 0.717) is 11.1 Å². The largest absolute Gasteiger partial charge is 0.451 e. The minimum Gasteiger partial charge on any atom is -0.451 e. The van der Waals surface area contributed by atoms with Gasteiger partial charge in [-0.3, -0.25) is 9.59 Å². The molecule has 8 heteroatoms. The molecule has 5 nitrogen and oxygen atoms in total. The minimum absolute atomic E-state index is 0.0413. The predicted octanol–water partition coefficient (Wildman–Crippen LogP) is 4.00. The number of furan rings is 1. The van der Waals surface area contributed by atoms with Crippen LogP contribution in [0, 0.1) is 18.6 Å². The fraction of sp³-hybridized carbons (Fsp3) is 0.158. The van der Waals surface area contributed by atoms with Gasteiger partial charge in [-0.2, -0.15) is 0 Å². The predicted molar refractivity (Wildman–Crippen MR) is 99.3 cm³/mol. The van der Waals surface area contributed by atoms with Crippen molar-refractivity contribution in [1.82, 2.24) is 10.6 Å². The van der Waals surface area contributed by atoms with Gasteiger partial charge in [0.2, 0.25) is 5.91 Å². The summed E-state index contributed by atoms with van der Waals surface area (Å²) in [5, 5.41) is 5.66. The Morgan fingerprint density at radius 2 is 1.85 bits per heavy atom. The van der Waals surface area contributed by atoms with Crippen molar-refractivity contribution in [3.63, 3.8) is 0 Å². The second-order valence-electron chi connectivity index (χ2n) is 5.89. The minimum atomic E-state index is -1.21. The summed E-state index contributed by atoms with van der Waals surface area (Å²) in [5.41, 5.74) is 1.23. The number of aryl methyl sites for hydroxylation is 1. The van der Waals surface area contributed by atoms with Crippen molar-refractivity contribution in [2.24, 2.45) is 0 Å². The van der Waals surface area contributed by atoms with Crippen LogP contribution in [0.15, 0.2) is 45.3 Å². The maximum absolute atomic E-state index is 13.6. The first-order valence-corrected chi connectivity index (χ1v) is 8.77. The van der Waals surface area contributed by atoms with Gasteiger partial charge in [0.25, 0.3) is 5.91 Å². The number of amides is 2. The van der Waals surface area contributed by atoms with E-state index in [4.69, 9.17) is 4.42 Å². The topological polar surface area (TPSA) is 71.3 Å². The van der Waals surface area contributed by atoms with Crippen molar-refractivity contribution < 1.29 is 22.8 Å². The van der Waals surface area contributed by atoms with Crippen LogP contribution in [0.5, 0.6) is 0 Å². The molecule has 2 aromatic carbocycles. The average molecular weight is 437 g/mol. The number of fused-ring (bicyclic) bond motifs is 1. The number of halogens is 3. The van der Waals surface area contributed by atoms with Gasteiger partial charge in [0.1, 0.15) is 11.6 Å². The summed E-state index contributed by atoms with van der Waals surface area (Å²) in [5.74, 6) is -3.33. The van der Waals surface area contributed by atoms with Crippen LogP contribution in [0.25, 0.3) is 11.0 Å². The van der Waals surface area contributed by atoms with E-state index >= 15 is 0 Å². The van der Waals surface area contributed by atoms with Gasteiger partial charge in [-0.1, -0.05) is 22.0 Å². The summed E-state index contributed by atoms with van der Waals surface area (Å²) in [6.07, 6.45) is 0. The molecule has 2 N–H and O–H groups in total. The molecule has 0 saturated heterocycles. The molecule has 0 bridgehead atoms. The standard InChI is InChI=1S/C19H15BrF2N2O3/c1-9-12-8-11(20)4-6-15(12)27-17(9)19(26)24-16(18(25)23-2)10-3-5-13(21)14(22)7-10/h3-8,16H,1-2H3,(H,23,25)(H,24,26). The molecule has 1 aromatic heterocycles. The number of rotatable bonds is 4. The fourth-order valence-electron chi connectivity index (χ4n) is 2.74. The molecule has 0 spiro atoms. The van der Waals surface area contributed by atoms with Gasteiger partial charge in [-0.25, -0.2) is 8.78 Å². The Morgan fingerprint density at radius 3 is 2.52 bits per heavy atom. The molecular weight excluding hydrogens is 422 g/mol. The van der Waals surface area contributed by atoms with Crippen molar-refractivity contribution >= 4 is 38.7 Å². The van der Waals surface area contributed by atoms with E-state index in [1.165, 1.54) is 13.1 Å². The normalized spacial score (nSPS) is 12.0. The quantitative estimate of drug-likeness (QED) is 0.649. The molecular formula is C19H15BrF2N2O3. The lowest BCUT2D eigenvalue weighted by Crippen LogP contribution is -2.39. The number of benzene rings is 2. The van der Waals surface area contributed by atoms with E-state index < -0.39 is 29.5 Å². The number of carbonyl (C=O) groups excluding carboxylic acids is 2. The molecule has 1 unspecified atom stereocenters. The Kier molecular flexibility index (Phi) is 5.27. The molecule has 0 aliphatic carbocycles. The van der Waals surface area contributed by atoms with Crippen molar-refractivity contribution in [3.8, 4) is 0 Å². The van der Waals surface area contributed by atoms with Crippen molar-refractivity contribution in [2.45, 2.75) is 13.0 Å². The van der Waals surface area contributed by atoms with Crippen LogP contribution in [-0.4, -0.2) is 18.9 Å². The summed E-state index contributed by atoms with van der Waals surface area (Å²) < 4.78 is 33.2. The first kappa shape index (κ1) is 19.0. The highest BCUT2D eigenvalue weighted by molar-refractivity contribution is 9.10. The van der Waals surface area contributed by atoms with Gasteiger partial charge in [-0.15, -0.1) is 0 Å². The van der Waals surface area contributed by atoms with E-state index in [1.54, 1.807) is 19.1 Å². The molecule has 1 atom stereocenters. The zero-order valence-corrected chi connectivity index (χ0v) is 16.0. The highest BCUT2D eigenvalue weighted by Gasteiger charge is 2.26. The molecule has 140 valence electrons. The second kappa shape index (κ2) is 7.48. The third-order valence-corrected chi connectivity index (χ3v) is 4.66. The second-order valence-corrected chi connectivity index (χ2v) is 6.81. The number of nitrogens with one attached hydrogen (secondary N) is 2. The summed E-state index contributed by atoms with van der Waals surface area (Å²) in [7, 11) is 1.38. The monoisotopic (exact) mass is 436 g/mol. The molecule has 0 fully saturated rings. The Labute approximate surface area is 161 Å². The SMILES string of the molecule is CNC(=O)C(NC(=O)c1oc2ccc(Br)cc2c1C)c1ccc(F)c(F)c1. The van der Waals surface area contributed by atoms with E-state index in [0.717, 1.165) is 22.0 Å². The molecule has 1 heterocycles. The van der Waals surface area contributed by atoms with Gasteiger partial charge in [0, 0.05) is 22.5 Å². The number of hydrogen-bond donors (Lipinski definition) is 2. The maximum Gasteiger partial charge on any atom is 0.288 e. The van der Waals surface area contributed by atoms with E-state index in [1.807, 2.05) is 6.07 Å². The average Bonchev–Trinajstić information content (AvgIpc) is 2.97. The summed E-state index contributed by atoms with van der Waals surface area (Å²) in [4.78, 5) is 24.9. The fourth-order valence-corrected chi connectivity index (χ4v) is 3.10. The molecule has 0 saturated carbocycles. The van der Waals surface area contributed by atoms with E-state index in [2.05, 4.69) is 26.6 Å². The van der Waals surface area contributed by atoms with Gasteiger partial charge in [0.05, 0.1) is 0 Å². The molecule has 2 amide bonds. The molecule has 3 rings (SSSR count). The highest BCUT2D eigenvalue weighted by atomic mass is 79.9. The Balaban J connectivity index is 1.96. The van der Waals surface area contributed by atoms with Crippen LogP contribution in [-0.2, 0) is 4.79 Å². The number of likely N-dealkylation sites (N-methyl/N-ethyl adjacent to an activating group) is 1. The van der Waals surface area contributed by atoms with Crippen molar-refractivity contribution in [3.05, 3.63) is 69.4 Å². The zero-order chi connectivity index (χ0) is 19.7. The van der Waals surface area contributed by atoms with Crippen LogP contribution < -0.4 is 10.6 Å². The Hall–Kier alpha value is -2.74. The van der Waals surface area contributed by atoms with Gasteiger partial charge >= 0.3 is 0 Å². The van der Waals surface area contributed by atoms with Crippen molar-refractivity contribution in [1.29, 1.82) is 0 Å². The van der Waals surface area contributed by atoms with Gasteiger partial charge < -0.3 is 15.1 Å². The van der Waals surface area contributed by atoms with Crippen LogP contribution in [0.2, 0.25) is 0 Å². The first-order chi connectivity index (χ1) is 12.8. The third kappa shape index (κ3) is 3.71. The Bertz CT molecular complexity index is 1050. The smallest absolute Gasteiger partial charge is 0.288 e. The van der Waals surface area contributed by atoms with Crippen LogP contribution in [0.1, 0.15) is 27.7 Å². The summed E-state index contributed by atoms with van der Waals surface area (Å²) >= 11 is 3.36. The molecule has 0 aliphatic heterocycles. The molecule has 27 heavy (non-hydrogen) atoms. The van der Waals surface area contributed by atoms with Crippen molar-refractivity contribution in [2.75, 3.05) is 7.05 Å². The number of carbonyl (C=O) groups is 2. The van der Waals surface area contributed by atoms with Gasteiger partial charge in [-0.05, 0) is 42.8 Å². The lowest BCUT2D eigenvalue weighted by molar-refractivity contribution is -0.122. The molecule has 3 aromatic rings. The summed E-state index contributed by atoms with van der Waals surface area (Å²) in [6, 6.07) is 7.11. The Morgan fingerprint density at radius 1 is 1.11 bits per heavy atom.